The Hall–Kier alpha value is -2.94. The van der Waals surface area contributed by atoms with Crippen LogP contribution in [0.15, 0.2) is 46.9 Å². The van der Waals surface area contributed by atoms with E-state index in [2.05, 4.69) is 31.9 Å². The molecule has 0 aliphatic heterocycles. The molecule has 2 amide bonds. The van der Waals surface area contributed by atoms with E-state index >= 15 is 0 Å². The molecule has 0 aliphatic carbocycles. The largest absolute Gasteiger partial charge is 0.383 e. The molecule has 9 heteroatoms. The molecule has 2 aromatic rings. The zero-order chi connectivity index (χ0) is 18.4. The highest BCUT2D eigenvalue weighted by atomic mass is 79.9. The molecule has 0 bridgehead atoms. The summed E-state index contributed by atoms with van der Waals surface area (Å²) in [6.07, 6.45) is 0. The smallest absolute Gasteiger partial charge is 0.293 e. The van der Waals surface area contributed by atoms with E-state index in [1.54, 1.807) is 25.2 Å². The second-order valence-electron chi connectivity index (χ2n) is 4.95. The maximum Gasteiger partial charge on any atom is 0.293 e. The minimum atomic E-state index is -0.581. The summed E-state index contributed by atoms with van der Waals surface area (Å²) in [6.45, 7) is -0.262. The van der Waals surface area contributed by atoms with E-state index in [0.29, 0.717) is 15.8 Å². The average molecular weight is 407 g/mol. The van der Waals surface area contributed by atoms with Crippen molar-refractivity contribution in [2.75, 3.05) is 24.2 Å². The van der Waals surface area contributed by atoms with Crippen LogP contribution in [0.2, 0.25) is 0 Å². The van der Waals surface area contributed by atoms with Gasteiger partial charge >= 0.3 is 0 Å². The third-order valence-corrected chi connectivity index (χ3v) is 3.97. The van der Waals surface area contributed by atoms with Gasteiger partial charge in [-0.25, -0.2) is 0 Å². The Balaban J connectivity index is 2.00. The van der Waals surface area contributed by atoms with Crippen molar-refractivity contribution in [3.8, 4) is 0 Å². The first-order valence-corrected chi connectivity index (χ1v) is 8.00. The van der Waals surface area contributed by atoms with Gasteiger partial charge in [0, 0.05) is 23.2 Å². The Labute approximate surface area is 151 Å². The summed E-state index contributed by atoms with van der Waals surface area (Å²) in [6, 6.07) is 11.1. The lowest BCUT2D eigenvalue weighted by Gasteiger charge is -2.09. The van der Waals surface area contributed by atoms with E-state index in [1.165, 1.54) is 12.1 Å². The lowest BCUT2D eigenvalue weighted by Crippen LogP contribution is -2.32. The predicted octanol–water partition coefficient (Wildman–Crippen LogP) is 2.77. The molecule has 0 aromatic heterocycles. The number of para-hydroxylation sites is 1. The minimum Gasteiger partial charge on any atom is -0.383 e. The second kappa shape index (κ2) is 8.25. The standard InChI is InChI=1S/C16H15BrN4O4/c1-18-13-7-6-10(8-14(13)21(24)25)16(23)19-9-15(22)20-12-5-3-2-4-11(12)17/h2-8,18H,9H2,1H3,(H,19,23)(H,20,22). The van der Waals surface area contributed by atoms with Crippen LogP contribution in [0.25, 0.3) is 0 Å². The summed E-state index contributed by atoms with van der Waals surface area (Å²) >= 11 is 3.30. The number of nitro benzene ring substituents is 1. The van der Waals surface area contributed by atoms with E-state index in [4.69, 9.17) is 0 Å². The van der Waals surface area contributed by atoms with Crippen LogP contribution in [0.4, 0.5) is 17.1 Å². The average Bonchev–Trinajstić information content (AvgIpc) is 2.61. The van der Waals surface area contributed by atoms with E-state index in [9.17, 15) is 19.7 Å². The van der Waals surface area contributed by atoms with Gasteiger partial charge < -0.3 is 16.0 Å². The van der Waals surface area contributed by atoms with Crippen molar-refractivity contribution in [3.63, 3.8) is 0 Å². The normalized spacial score (nSPS) is 10.0. The molecule has 8 nitrogen and oxygen atoms in total. The Kier molecular flexibility index (Phi) is 6.07. The van der Waals surface area contributed by atoms with Gasteiger partial charge in [-0.15, -0.1) is 0 Å². The number of halogens is 1. The molecular weight excluding hydrogens is 392 g/mol. The predicted molar refractivity (Wildman–Crippen MR) is 97.7 cm³/mol. The van der Waals surface area contributed by atoms with E-state index in [-0.39, 0.29) is 17.8 Å². The van der Waals surface area contributed by atoms with Crippen LogP contribution in [0.5, 0.6) is 0 Å². The molecule has 0 radical (unpaired) electrons. The second-order valence-corrected chi connectivity index (χ2v) is 5.80. The van der Waals surface area contributed by atoms with Gasteiger partial charge in [0.15, 0.2) is 0 Å². The van der Waals surface area contributed by atoms with Crippen molar-refractivity contribution in [2.24, 2.45) is 0 Å². The first kappa shape index (κ1) is 18.4. The van der Waals surface area contributed by atoms with E-state index in [0.717, 1.165) is 6.07 Å². The van der Waals surface area contributed by atoms with Crippen LogP contribution in [0, 0.1) is 10.1 Å². The summed E-state index contributed by atoms with van der Waals surface area (Å²) in [4.78, 5) is 34.5. The molecule has 2 aromatic carbocycles. The number of benzene rings is 2. The summed E-state index contributed by atoms with van der Waals surface area (Å²) in [5, 5.41) is 18.8. The number of nitrogens with zero attached hydrogens (tertiary/aromatic N) is 1. The first-order chi connectivity index (χ1) is 11.9. The fourth-order valence-electron chi connectivity index (χ4n) is 2.05. The summed E-state index contributed by atoms with van der Waals surface area (Å²) in [7, 11) is 1.55. The first-order valence-electron chi connectivity index (χ1n) is 7.21. The number of nitrogens with one attached hydrogen (secondary N) is 3. The summed E-state index contributed by atoms with van der Waals surface area (Å²) < 4.78 is 0.716. The van der Waals surface area contributed by atoms with Gasteiger partial charge in [0.25, 0.3) is 11.6 Å². The van der Waals surface area contributed by atoms with E-state index in [1.807, 2.05) is 6.07 Å². The van der Waals surface area contributed by atoms with Crippen molar-refractivity contribution in [1.82, 2.24) is 5.32 Å². The number of amides is 2. The van der Waals surface area contributed by atoms with Gasteiger partial charge in [-0.1, -0.05) is 12.1 Å². The molecule has 3 N–H and O–H groups in total. The Bertz CT molecular complexity index is 826. The molecule has 0 saturated heterocycles. The number of anilines is 2. The molecule has 130 valence electrons. The van der Waals surface area contributed by atoms with Crippen molar-refractivity contribution >= 4 is 44.8 Å². The molecule has 0 aliphatic rings. The van der Waals surface area contributed by atoms with Crippen molar-refractivity contribution < 1.29 is 14.5 Å². The Morgan fingerprint density at radius 2 is 1.88 bits per heavy atom. The summed E-state index contributed by atoms with van der Waals surface area (Å²) in [5.74, 6) is -0.991. The maximum atomic E-state index is 12.1. The number of carbonyl (C=O) groups excluding carboxylic acids is 2. The van der Waals surface area contributed by atoms with Crippen LogP contribution < -0.4 is 16.0 Å². The number of rotatable bonds is 6. The number of nitro groups is 1. The highest BCUT2D eigenvalue weighted by molar-refractivity contribution is 9.10. The van der Waals surface area contributed by atoms with Gasteiger partial charge in [0.1, 0.15) is 5.69 Å². The maximum absolute atomic E-state index is 12.1. The third-order valence-electron chi connectivity index (χ3n) is 3.28. The van der Waals surface area contributed by atoms with E-state index < -0.39 is 16.7 Å². The molecule has 0 atom stereocenters. The number of carbonyl (C=O) groups is 2. The van der Waals surface area contributed by atoms with Gasteiger partial charge in [0.2, 0.25) is 5.91 Å². The topological polar surface area (TPSA) is 113 Å². The zero-order valence-electron chi connectivity index (χ0n) is 13.2. The molecule has 2 rings (SSSR count). The molecule has 25 heavy (non-hydrogen) atoms. The Morgan fingerprint density at radius 1 is 1.16 bits per heavy atom. The van der Waals surface area contributed by atoms with Gasteiger partial charge in [0.05, 0.1) is 17.2 Å². The van der Waals surface area contributed by atoms with Crippen LogP contribution in [0.3, 0.4) is 0 Å². The minimum absolute atomic E-state index is 0.0967. The highest BCUT2D eigenvalue weighted by Gasteiger charge is 2.17. The van der Waals surface area contributed by atoms with Crippen LogP contribution in [-0.2, 0) is 4.79 Å². The molecule has 0 spiro atoms. The zero-order valence-corrected chi connectivity index (χ0v) is 14.8. The van der Waals surface area contributed by atoms with Gasteiger partial charge in [-0.05, 0) is 40.2 Å². The summed E-state index contributed by atoms with van der Waals surface area (Å²) in [5.41, 5.74) is 0.760. The molecule has 0 saturated carbocycles. The van der Waals surface area contributed by atoms with Crippen LogP contribution >= 0.6 is 15.9 Å². The highest BCUT2D eigenvalue weighted by Crippen LogP contribution is 2.25. The fraction of sp³-hybridized carbons (Fsp3) is 0.125. The van der Waals surface area contributed by atoms with Crippen LogP contribution in [-0.4, -0.2) is 30.3 Å². The van der Waals surface area contributed by atoms with Crippen LogP contribution in [0.1, 0.15) is 10.4 Å². The lowest BCUT2D eigenvalue weighted by molar-refractivity contribution is -0.384. The Morgan fingerprint density at radius 3 is 2.52 bits per heavy atom. The van der Waals surface area contributed by atoms with Crippen molar-refractivity contribution in [3.05, 3.63) is 62.6 Å². The number of hydrogen-bond acceptors (Lipinski definition) is 5. The quantitative estimate of drug-likeness (QED) is 0.504. The molecular formula is C16H15BrN4O4. The molecule has 0 fully saturated rings. The molecule has 0 heterocycles. The van der Waals surface area contributed by atoms with Gasteiger partial charge in [-0.2, -0.15) is 0 Å². The lowest BCUT2D eigenvalue weighted by atomic mass is 10.1. The van der Waals surface area contributed by atoms with Gasteiger partial charge in [-0.3, -0.25) is 19.7 Å². The third kappa shape index (κ3) is 4.77. The SMILES string of the molecule is CNc1ccc(C(=O)NCC(=O)Nc2ccccc2Br)cc1[N+](=O)[O-]. The molecule has 0 unspecified atom stereocenters. The fourth-order valence-corrected chi connectivity index (χ4v) is 2.44. The number of hydrogen-bond donors (Lipinski definition) is 3. The van der Waals surface area contributed by atoms with Crippen molar-refractivity contribution in [2.45, 2.75) is 0 Å². The monoisotopic (exact) mass is 406 g/mol. The van der Waals surface area contributed by atoms with Crippen molar-refractivity contribution in [1.29, 1.82) is 0 Å².